The van der Waals surface area contributed by atoms with Crippen LogP contribution in [0.1, 0.15) is 103 Å². The number of amides is 4. The maximum atomic E-state index is 14.4. The summed E-state index contributed by atoms with van der Waals surface area (Å²) in [6.07, 6.45) is 2.53. The molecule has 1 saturated heterocycles. The molecule has 3 aliphatic heterocycles. The Kier molecular flexibility index (Phi) is 10.8. The molecular weight excluding hydrogens is 692 g/mol. The summed E-state index contributed by atoms with van der Waals surface area (Å²) >= 11 is 0. The quantitative estimate of drug-likeness (QED) is 0.412. The molecule has 14 nitrogen and oxygen atoms in total. The van der Waals surface area contributed by atoms with Gasteiger partial charge in [-0.2, -0.15) is 0 Å². The molecule has 1 aromatic carbocycles. The van der Waals surface area contributed by atoms with E-state index in [1.54, 1.807) is 25.7 Å². The van der Waals surface area contributed by atoms with Crippen molar-refractivity contribution in [3.8, 4) is 5.75 Å². The second-order valence-corrected chi connectivity index (χ2v) is 18.1. The Labute approximate surface area is 305 Å². The monoisotopic (exact) mass is 744 g/mol. The molecule has 15 heteroatoms. The predicted molar refractivity (Wildman–Crippen MR) is 188 cm³/mol. The Morgan fingerprint density at radius 1 is 1.02 bits per heavy atom. The minimum Gasteiger partial charge on any atom is -0.493 e. The average Bonchev–Trinajstić information content (AvgIpc) is 3.97. The summed E-state index contributed by atoms with van der Waals surface area (Å²) in [4.78, 5) is 71.7. The SMILES string of the molecule is CC[C@H]1C[C@@]1(CC(=O)C1C[C@@H]2CN1C(=O)[C@H](C(C)(C)C)NC(=O)OCCCCCCOc1cccc3c1CN(C3)C(=O)O2)C(=O)NS(=O)(=O)C1CC1. The van der Waals surface area contributed by atoms with Crippen LogP contribution in [-0.2, 0) is 47.0 Å². The Hall–Kier alpha value is -3.88. The maximum Gasteiger partial charge on any atom is 0.410 e. The number of ketones is 1. The summed E-state index contributed by atoms with van der Waals surface area (Å²) in [6.45, 7) is 8.43. The molecule has 1 unspecified atom stereocenters. The van der Waals surface area contributed by atoms with Crippen LogP contribution in [0.4, 0.5) is 9.59 Å². The molecule has 1 aromatic rings. The smallest absolute Gasteiger partial charge is 0.410 e. The van der Waals surface area contributed by atoms with Crippen molar-refractivity contribution in [3.63, 3.8) is 0 Å². The van der Waals surface area contributed by atoms with Gasteiger partial charge in [0.2, 0.25) is 21.8 Å². The van der Waals surface area contributed by atoms with Gasteiger partial charge in [0.25, 0.3) is 0 Å². The zero-order valence-electron chi connectivity index (χ0n) is 30.6. The van der Waals surface area contributed by atoms with E-state index in [0.717, 1.165) is 30.4 Å². The summed E-state index contributed by atoms with van der Waals surface area (Å²) < 4.78 is 45.2. The molecule has 52 heavy (non-hydrogen) atoms. The molecule has 3 heterocycles. The molecule has 3 fully saturated rings. The molecule has 4 amide bonds. The Balaban J connectivity index is 1.25. The number of sulfonamides is 1. The summed E-state index contributed by atoms with van der Waals surface area (Å²) in [5, 5.41) is 2.12. The Morgan fingerprint density at radius 2 is 1.73 bits per heavy atom. The average molecular weight is 745 g/mol. The third-order valence-electron chi connectivity index (χ3n) is 11.2. The number of carbonyl (C=O) groups excluding carboxylic acids is 5. The highest BCUT2D eigenvalue weighted by molar-refractivity contribution is 7.90. The lowest BCUT2D eigenvalue weighted by Crippen LogP contribution is -2.57. The van der Waals surface area contributed by atoms with E-state index in [-0.39, 0.29) is 38.5 Å². The zero-order chi connectivity index (χ0) is 37.4. The van der Waals surface area contributed by atoms with Crippen molar-refractivity contribution in [2.45, 2.75) is 128 Å². The normalized spacial score (nSPS) is 28.9. The molecule has 0 aromatic heterocycles. The Bertz CT molecular complexity index is 1690. The second kappa shape index (κ2) is 14.9. The van der Waals surface area contributed by atoms with Gasteiger partial charge in [0.15, 0.2) is 5.78 Å². The number of carbonyl (C=O) groups is 5. The lowest BCUT2D eigenvalue weighted by molar-refractivity contribution is -0.142. The number of rotatable bonds is 7. The van der Waals surface area contributed by atoms with Crippen molar-refractivity contribution >= 4 is 39.8 Å². The summed E-state index contributed by atoms with van der Waals surface area (Å²) in [7, 11) is -3.84. The second-order valence-electron chi connectivity index (χ2n) is 16.1. The number of benzene rings is 1. The number of alkyl carbamates (subject to hydrolysis) is 1. The van der Waals surface area contributed by atoms with Gasteiger partial charge < -0.3 is 24.4 Å². The van der Waals surface area contributed by atoms with Crippen LogP contribution in [0.3, 0.4) is 0 Å². The number of ether oxygens (including phenoxy) is 3. The van der Waals surface area contributed by atoms with Gasteiger partial charge in [-0.15, -0.1) is 0 Å². The highest BCUT2D eigenvalue weighted by Gasteiger charge is 2.62. The largest absolute Gasteiger partial charge is 0.493 e. The standard InChI is InChI=1S/C37H52N4O10S/c1-5-24-18-37(24,33(44)39-52(47,48)26-13-14-26)19-29(42)28-17-25-21-41(28)32(43)31(36(2,3)4)38-34(45)50-16-9-7-6-8-15-49-30-12-10-11-23-20-40(22-27(23)30)35(46)51-25/h10-12,24-26,28,31H,5-9,13-22H2,1-4H3,(H,38,45)(H,39,44)/t24-,25+,28?,31+,37-/m0/s1. The number of fused-ring (bicyclic) bond motifs is 3. The molecule has 0 spiro atoms. The van der Waals surface area contributed by atoms with E-state index in [4.69, 9.17) is 14.2 Å². The van der Waals surface area contributed by atoms with E-state index in [1.165, 1.54) is 4.90 Å². The van der Waals surface area contributed by atoms with Crippen LogP contribution in [0.15, 0.2) is 18.2 Å². The predicted octanol–water partition coefficient (Wildman–Crippen LogP) is 4.19. The van der Waals surface area contributed by atoms with Gasteiger partial charge >= 0.3 is 12.2 Å². The molecule has 5 aliphatic rings. The molecule has 286 valence electrons. The first-order chi connectivity index (χ1) is 24.6. The third kappa shape index (κ3) is 8.18. The third-order valence-corrected chi connectivity index (χ3v) is 13.0. The van der Waals surface area contributed by atoms with E-state index in [9.17, 15) is 32.4 Å². The minimum absolute atomic E-state index is 0.0123. The molecule has 0 radical (unpaired) electrons. The number of cyclic esters (lactones) is 1. The van der Waals surface area contributed by atoms with Gasteiger partial charge in [0.1, 0.15) is 17.9 Å². The first kappa shape index (κ1) is 37.9. The zero-order valence-corrected chi connectivity index (χ0v) is 31.4. The van der Waals surface area contributed by atoms with Crippen LogP contribution in [0.2, 0.25) is 0 Å². The highest BCUT2D eigenvalue weighted by atomic mass is 32.2. The molecule has 2 aliphatic carbocycles. The van der Waals surface area contributed by atoms with Crippen LogP contribution in [-0.4, -0.2) is 91.2 Å². The van der Waals surface area contributed by atoms with Crippen LogP contribution in [0.5, 0.6) is 5.75 Å². The number of hydrogen-bond donors (Lipinski definition) is 2. The molecule has 2 saturated carbocycles. The first-order valence-corrected chi connectivity index (χ1v) is 20.2. The van der Waals surface area contributed by atoms with Crippen molar-refractivity contribution in [1.29, 1.82) is 0 Å². The van der Waals surface area contributed by atoms with E-state index in [2.05, 4.69) is 10.0 Å². The maximum absolute atomic E-state index is 14.4. The van der Waals surface area contributed by atoms with Gasteiger partial charge in [-0.3, -0.25) is 24.0 Å². The lowest BCUT2D eigenvalue weighted by Gasteiger charge is -2.35. The van der Waals surface area contributed by atoms with E-state index in [0.29, 0.717) is 51.0 Å². The van der Waals surface area contributed by atoms with Crippen LogP contribution < -0.4 is 14.8 Å². The summed E-state index contributed by atoms with van der Waals surface area (Å²) in [6, 6.07) is 3.55. The summed E-state index contributed by atoms with van der Waals surface area (Å²) in [5.41, 5.74) is -0.146. The molecule has 5 atom stereocenters. The van der Waals surface area contributed by atoms with E-state index < -0.39 is 74.1 Å². The molecular formula is C37H52N4O10S. The van der Waals surface area contributed by atoms with Crippen molar-refractivity contribution < 1.29 is 46.6 Å². The van der Waals surface area contributed by atoms with Crippen molar-refractivity contribution in [2.75, 3.05) is 19.8 Å². The first-order valence-electron chi connectivity index (χ1n) is 18.6. The van der Waals surface area contributed by atoms with Crippen molar-refractivity contribution in [3.05, 3.63) is 29.3 Å². The fraction of sp³-hybridized carbons (Fsp3) is 0.703. The fourth-order valence-corrected chi connectivity index (χ4v) is 9.18. The highest BCUT2D eigenvalue weighted by Crippen LogP contribution is 2.58. The molecule has 6 rings (SSSR count). The summed E-state index contributed by atoms with van der Waals surface area (Å²) in [5.74, 6) is -1.15. The van der Waals surface area contributed by atoms with Crippen molar-refractivity contribution in [2.24, 2.45) is 16.7 Å². The fourth-order valence-electron chi connectivity index (χ4n) is 7.79. The minimum atomic E-state index is -3.84. The van der Waals surface area contributed by atoms with Gasteiger partial charge in [-0.05, 0) is 67.9 Å². The lowest BCUT2D eigenvalue weighted by atomic mass is 9.85. The number of Topliss-reactive ketones (excluding diaryl/α,β-unsaturated/α-hetero) is 1. The van der Waals surface area contributed by atoms with Gasteiger partial charge in [0, 0.05) is 24.9 Å². The topological polar surface area (TPSA) is 178 Å². The van der Waals surface area contributed by atoms with Gasteiger partial charge in [0.05, 0.1) is 43.0 Å². The number of nitrogens with zero attached hydrogens (tertiary/aromatic N) is 2. The van der Waals surface area contributed by atoms with Crippen LogP contribution in [0, 0.1) is 16.7 Å². The van der Waals surface area contributed by atoms with Gasteiger partial charge in [-0.1, -0.05) is 46.2 Å². The van der Waals surface area contributed by atoms with Gasteiger partial charge in [-0.25, -0.2) is 18.0 Å². The van der Waals surface area contributed by atoms with Crippen LogP contribution in [0.25, 0.3) is 0 Å². The van der Waals surface area contributed by atoms with Crippen LogP contribution >= 0.6 is 0 Å². The van der Waals surface area contributed by atoms with E-state index >= 15 is 0 Å². The van der Waals surface area contributed by atoms with Crippen molar-refractivity contribution in [1.82, 2.24) is 19.8 Å². The Morgan fingerprint density at radius 3 is 2.38 bits per heavy atom. The molecule has 2 N–H and O–H groups in total. The number of hydrogen-bond acceptors (Lipinski definition) is 10. The molecule has 4 bridgehead atoms. The van der Waals surface area contributed by atoms with E-state index in [1.807, 2.05) is 25.1 Å². The number of nitrogens with one attached hydrogen (secondary N) is 2.